The number of aromatic nitrogens is 2. The van der Waals surface area contributed by atoms with Crippen LogP contribution < -0.4 is 0 Å². The first kappa shape index (κ1) is 10.4. The predicted molar refractivity (Wildman–Crippen MR) is 64.6 cm³/mol. The van der Waals surface area contributed by atoms with Crippen LogP contribution in [0.3, 0.4) is 0 Å². The summed E-state index contributed by atoms with van der Waals surface area (Å²) < 4.78 is 0. The van der Waals surface area contributed by atoms with Gasteiger partial charge in [0.2, 0.25) is 0 Å². The van der Waals surface area contributed by atoms with Crippen molar-refractivity contribution in [2.45, 2.75) is 25.4 Å². The third kappa shape index (κ3) is 1.83. The second-order valence-corrected chi connectivity index (χ2v) is 4.35. The van der Waals surface area contributed by atoms with Gasteiger partial charge in [0.05, 0.1) is 12.3 Å². The zero-order chi connectivity index (χ0) is 11.7. The lowest BCUT2D eigenvalue weighted by Crippen LogP contribution is -2.04. The molecule has 0 bridgehead atoms. The smallest absolute Gasteiger partial charge is 0.136 e. The second-order valence-electron chi connectivity index (χ2n) is 4.35. The van der Waals surface area contributed by atoms with E-state index in [0.717, 1.165) is 18.7 Å². The number of benzene rings is 1. The normalized spacial score (nSPS) is 18.1. The van der Waals surface area contributed by atoms with E-state index in [-0.39, 0.29) is 12.5 Å². The summed E-state index contributed by atoms with van der Waals surface area (Å²) in [5, 5.41) is 9.11. The highest BCUT2D eigenvalue weighted by atomic mass is 16.3. The minimum Gasteiger partial charge on any atom is -0.390 e. The van der Waals surface area contributed by atoms with Crippen LogP contribution in [0.25, 0.3) is 0 Å². The fraction of sp³-hybridized carbons (Fsp3) is 0.286. The number of aryl methyl sites for hydroxylation is 1. The molecule has 1 atom stereocenters. The van der Waals surface area contributed by atoms with Crippen molar-refractivity contribution in [2.24, 2.45) is 0 Å². The molecule has 1 unspecified atom stereocenters. The van der Waals surface area contributed by atoms with Crippen molar-refractivity contribution in [3.05, 3.63) is 59.2 Å². The van der Waals surface area contributed by atoms with Gasteiger partial charge in [-0.2, -0.15) is 0 Å². The number of aliphatic hydroxyl groups excluding tert-OH is 1. The molecule has 17 heavy (non-hydrogen) atoms. The molecule has 2 aromatic rings. The Kier molecular flexibility index (Phi) is 2.61. The summed E-state index contributed by atoms with van der Waals surface area (Å²) in [5.74, 6) is 1.12. The van der Waals surface area contributed by atoms with Crippen LogP contribution in [0.15, 0.2) is 36.5 Å². The molecule has 0 amide bonds. The van der Waals surface area contributed by atoms with Gasteiger partial charge in [-0.1, -0.05) is 24.3 Å². The molecule has 0 radical (unpaired) electrons. The molecule has 1 aliphatic carbocycles. The molecule has 0 saturated carbocycles. The van der Waals surface area contributed by atoms with Crippen LogP contribution >= 0.6 is 0 Å². The molecule has 3 nitrogen and oxygen atoms in total. The van der Waals surface area contributed by atoms with Crippen molar-refractivity contribution in [2.75, 3.05) is 0 Å². The molecule has 1 aromatic carbocycles. The third-order valence-corrected chi connectivity index (χ3v) is 3.34. The average molecular weight is 226 g/mol. The topological polar surface area (TPSA) is 46.0 Å². The number of hydrogen-bond donors (Lipinski definition) is 1. The minimum atomic E-state index is -0.0239. The Bertz CT molecular complexity index is 539. The molecular weight excluding hydrogens is 212 g/mol. The lowest BCUT2D eigenvalue weighted by atomic mass is 10.0. The Hall–Kier alpha value is -1.74. The highest BCUT2D eigenvalue weighted by Crippen LogP contribution is 2.36. The van der Waals surface area contributed by atoms with Gasteiger partial charge in [0, 0.05) is 12.1 Å². The van der Waals surface area contributed by atoms with Gasteiger partial charge < -0.3 is 5.11 Å². The average Bonchev–Trinajstić information content (AvgIpc) is 2.82. The molecular formula is C14H14N2O. The third-order valence-electron chi connectivity index (χ3n) is 3.34. The summed E-state index contributed by atoms with van der Waals surface area (Å²) in [6.07, 6.45) is 3.89. The summed E-state index contributed by atoms with van der Waals surface area (Å²) in [4.78, 5) is 8.76. The monoisotopic (exact) mass is 226 g/mol. The van der Waals surface area contributed by atoms with E-state index in [4.69, 9.17) is 5.11 Å². The van der Waals surface area contributed by atoms with Crippen LogP contribution in [0.2, 0.25) is 0 Å². The van der Waals surface area contributed by atoms with Gasteiger partial charge in [0.1, 0.15) is 5.82 Å². The lowest BCUT2D eigenvalue weighted by Gasteiger charge is -2.10. The Morgan fingerprint density at radius 1 is 1.24 bits per heavy atom. The van der Waals surface area contributed by atoms with Crippen molar-refractivity contribution in [3.8, 4) is 0 Å². The van der Waals surface area contributed by atoms with Gasteiger partial charge >= 0.3 is 0 Å². The summed E-state index contributed by atoms with van der Waals surface area (Å²) in [7, 11) is 0. The molecule has 1 aromatic heterocycles. The SMILES string of the molecule is OCc1ccnc(C2CCc3ccccc32)n1. The fourth-order valence-corrected chi connectivity index (χ4v) is 2.49. The van der Waals surface area contributed by atoms with Crippen LogP contribution in [0.4, 0.5) is 0 Å². The van der Waals surface area contributed by atoms with Gasteiger partial charge in [-0.25, -0.2) is 9.97 Å². The zero-order valence-corrected chi connectivity index (χ0v) is 9.50. The number of fused-ring (bicyclic) bond motifs is 1. The maximum Gasteiger partial charge on any atom is 0.136 e. The number of rotatable bonds is 2. The van der Waals surface area contributed by atoms with E-state index >= 15 is 0 Å². The van der Waals surface area contributed by atoms with Crippen LogP contribution in [-0.4, -0.2) is 15.1 Å². The minimum absolute atomic E-state index is 0.0239. The Morgan fingerprint density at radius 3 is 3.00 bits per heavy atom. The fourth-order valence-electron chi connectivity index (χ4n) is 2.49. The van der Waals surface area contributed by atoms with Crippen molar-refractivity contribution < 1.29 is 5.11 Å². The van der Waals surface area contributed by atoms with Crippen molar-refractivity contribution in [3.63, 3.8) is 0 Å². The molecule has 86 valence electrons. The molecule has 0 fully saturated rings. The maximum atomic E-state index is 9.11. The predicted octanol–water partition coefficient (Wildman–Crippen LogP) is 2.05. The van der Waals surface area contributed by atoms with Gasteiger partial charge in [-0.15, -0.1) is 0 Å². The quantitative estimate of drug-likeness (QED) is 0.852. The molecule has 3 heteroatoms. The molecule has 0 spiro atoms. The van der Waals surface area contributed by atoms with Crippen LogP contribution in [0.5, 0.6) is 0 Å². The van der Waals surface area contributed by atoms with Gasteiger partial charge in [0.25, 0.3) is 0 Å². The van der Waals surface area contributed by atoms with Crippen LogP contribution in [-0.2, 0) is 13.0 Å². The number of nitrogens with zero attached hydrogens (tertiary/aromatic N) is 2. The molecule has 1 heterocycles. The van der Waals surface area contributed by atoms with Crippen molar-refractivity contribution >= 4 is 0 Å². The van der Waals surface area contributed by atoms with Crippen LogP contribution in [0.1, 0.15) is 35.0 Å². The first-order valence-corrected chi connectivity index (χ1v) is 5.89. The van der Waals surface area contributed by atoms with E-state index in [1.54, 1.807) is 12.3 Å². The zero-order valence-electron chi connectivity index (χ0n) is 9.50. The van der Waals surface area contributed by atoms with Crippen molar-refractivity contribution in [1.82, 2.24) is 9.97 Å². The molecule has 0 aliphatic heterocycles. The van der Waals surface area contributed by atoms with Crippen LogP contribution in [0, 0.1) is 0 Å². The van der Waals surface area contributed by atoms with E-state index in [0.29, 0.717) is 5.69 Å². The summed E-state index contributed by atoms with van der Waals surface area (Å²) in [5.41, 5.74) is 3.43. The number of hydrogen-bond acceptors (Lipinski definition) is 3. The van der Waals surface area contributed by atoms with Crippen molar-refractivity contribution in [1.29, 1.82) is 0 Å². The first-order chi connectivity index (χ1) is 8.38. The van der Waals surface area contributed by atoms with E-state index in [1.165, 1.54) is 11.1 Å². The lowest BCUT2D eigenvalue weighted by molar-refractivity contribution is 0.276. The van der Waals surface area contributed by atoms with Gasteiger partial charge in [0.15, 0.2) is 0 Å². The highest BCUT2D eigenvalue weighted by molar-refractivity contribution is 5.38. The van der Waals surface area contributed by atoms with E-state index in [9.17, 15) is 0 Å². The maximum absolute atomic E-state index is 9.11. The Labute approximate surface area is 100 Å². The van der Waals surface area contributed by atoms with Gasteiger partial charge in [-0.05, 0) is 30.0 Å². The van der Waals surface area contributed by atoms with E-state index in [1.807, 2.05) is 0 Å². The Balaban J connectivity index is 2.01. The molecule has 1 N–H and O–H groups in total. The molecule has 3 rings (SSSR count). The van der Waals surface area contributed by atoms with E-state index < -0.39 is 0 Å². The molecule has 1 aliphatic rings. The largest absolute Gasteiger partial charge is 0.390 e. The second kappa shape index (κ2) is 4.26. The summed E-state index contributed by atoms with van der Waals surface area (Å²) in [6.45, 7) is -0.0239. The summed E-state index contributed by atoms with van der Waals surface area (Å²) in [6, 6.07) is 10.2. The Morgan fingerprint density at radius 2 is 2.12 bits per heavy atom. The first-order valence-electron chi connectivity index (χ1n) is 5.89. The number of aliphatic hydroxyl groups is 1. The standard InChI is InChI=1S/C14H14N2O/c17-9-11-7-8-15-14(16-11)13-6-5-10-3-1-2-4-12(10)13/h1-4,7-8,13,17H,5-6,9H2. The molecule has 0 saturated heterocycles. The van der Waals surface area contributed by atoms with E-state index in [2.05, 4.69) is 34.2 Å². The van der Waals surface area contributed by atoms with Gasteiger partial charge in [-0.3, -0.25) is 0 Å². The summed E-state index contributed by atoms with van der Waals surface area (Å²) >= 11 is 0. The highest BCUT2D eigenvalue weighted by Gasteiger charge is 2.25.